The number of H-pyrrole nitrogens is 1. The van der Waals surface area contributed by atoms with E-state index in [1.807, 2.05) is 30.5 Å². The highest BCUT2D eigenvalue weighted by atomic mass is 32.2. The van der Waals surface area contributed by atoms with Gasteiger partial charge in [-0.25, -0.2) is 18.4 Å². The highest BCUT2D eigenvalue weighted by Crippen LogP contribution is 2.31. The monoisotopic (exact) mass is 454 g/mol. The van der Waals surface area contributed by atoms with Gasteiger partial charge in [-0.1, -0.05) is 23.9 Å². The normalized spacial score (nSPS) is 16.3. The highest BCUT2D eigenvalue weighted by molar-refractivity contribution is 8.13. The zero-order valence-electron chi connectivity index (χ0n) is 16.9. The molecule has 0 atom stereocenters. The van der Waals surface area contributed by atoms with Gasteiger partial charge in [0.1, 0.15) is 5.82 Å². The number of aromatic nitrogens is 2. The first-order chi connectivity index (χ1) is 15.0. The number of nitriles is 1. The van der Waals surface area contributed by atoms with E-state index >= 15 is 0 Å². The third kappa shape index (κ3) is 4.58. The quantitative estimate of drug-likeness (QED) is 0.270. The number of benzene rings is 2. The molecule has 0 bridgehead atoms. The second-order valence-electron chi connectivity index (χ2n) is 7.17. The van der Waals surface area contributed by atoms with Crippen molar-refractivity contribution in [2.24, 2.45) is 4.99 Å². The number of para-hydroxylation sites is 2. The zero-order valence-corrected chi connectivity index (χ0v) is 18.6. The molecule has 8 nitrogen and oxygen atoms in total. The van der Waals surface area contributed by atoms with Crippen LogP contribution < -0.4 is 5.32 Å². The topological polar surface area (TPSA) is 114 Å². The number of hydrogen-bond acceptors (Lipinski definition) is 6. The number of sulfonamides is 1. The van der Waals surface area contributed by atoms with Crippen LogP contribution in [-0.2, 0) is 10.0 Å². The summed E-state index contributed by atoms with van der Waals surface area (Å²) in [6, 6.07) is 14.3. The Balaban J connectivity index is 1.44. The Morgan fingerprint density at radius 3 is 2.58 bits per heavy atom. The van der Waals surface area contributed by atoms with Gasteiger partial charge < -0.3 is 4.98 Å². The molecule has 1 aliphatic heterocycles. The van der Waals surface area contributed by atoms with Crippen molar-refractivity contribution in [3.8, 4) is 6.19 Å². The Labute approximate surface area is 185 Å². The Morgan fingerprint density at radius 1 is 1.23 bits per heavy atom. The number of aliphatic imine (C=N–C) groups is 1. The summed E-state index contributed by atoms with van der Waals surface area (Å²) in [4.78, 5) is 12.6. The van der Waals surface area contributed by atoms with Crippen LogP contribution in [0.4, 0.5) is 5.69 Å². The Kier molecular flexibility index (Phi) is 6.27. The van der Waals surface area contributed by atoms with Crippen LogP contribution in [0.3, 0.4) is 0 Å². The predicted molar refractivity (Wildman–Crippen MR) is 123 cm³/mol. The molecule has 0 aliphatic carbocycles. The lowest BCUT2D eigenvalue weighted by molar-refractivity contribution is 0.314. The van der Waals surface area contributed by atoms with Crippen LogP contribution in [0.15, 0.2) is 58.4 Å². The lowest BCUT2D eigenvalue weighted by atomic mass is 9.97. The molecule has 2 N–H and O–H groups in total. The van der Waals surface area contributed by atoms with Crippen LogP contribution >= 0.6 is 11.8 Å². The second kappa shape index (κ2) is 9.09. The fourth-order valence-corrected chi connectivity index (χ4v) is 5.48. The van der Waals surface area contributed by atoms with E-state index in [0.29, 0.717) is 23.9 Å². The first-order valence-corrected chi connectivity index (χ1v) is 12.5. The van der Waals surface area contributed by atoms with E-state index in [2.05, 4.69) is 20.3 Å². The van der Waals surface area contributed by atoms with Crippen molar-refractivity contribution in [1.29, 1.82) is 5.26 Å². The van der Waals surface area contributed by atoms with E-state index in [4.69, 9.17) is 5.26 Å². The predicted octanol–water partition coefficient (Wildman–Crippen LogP) is 3.55. The van der Waals surface area contributed by atoms with Gasteiger partial charge in [-0.15, -0.1) is 0 Å². The first kappa shape index (κ1) is 21.4. The summed E-state index contributed by atoms with van der Waals surface area (Å²) in [5, 5.41) is 11.7. The van der Waals surface area contributed by atoms with Gasteiger partial charge in [-0.2, -0.15) is 9.57 Å². The lowest BCUT2D eigenvalue weighted by Crippen LogP contribution is -2.38. The maximum absolute atomic E-state index is 13.1. The zero-order chi connectivity index (χ0) is 21.8. The number of amidine groups is 1. The van der Waals surface area contributed by atoms with Crippen molar-refractivity contribution in [2.75, 3.05) is 19.3 Å². The van der Waals surface area contributed by atoms with Crippen LogP contribution in [0.25, 0.3) is 11.0 Å². The second-order valence-corrected chi connectivity index (χ2v) is 9.90. The van der Waals surface area contributed by atoms with Crippen LogP contribution in [-0.4, -0.2) is 47.2 Å². The molecule has 1 saturated heterocycles. The summed E-state index contributed by atoms with van der Waals surface area (Å²) in [6.07, 6.45) is 5.07. The molecule has 2 heterocycles. The molecule has 1 fully saturated rings. The molecular formula is C21H22N6O2S2. The highest BCUT2D eigenvalue weighted by Gasteiger charge is 2.31. The van der Waals surface area contributed by atoms with Gasteiger partial charge in [-0.3, -0.25) is 5.32 Å². The van der Waals surface area contributed by atoms with E-state index in [0.717, 1.165) is 29.7 Å². The number of imidazole rings is 1. The first-order valence-electron chi connectivity index (χ1n) is 9.84. The number of piperidine rings is 1. The van der Waals surface area contributed by atoms with Gasteiger partial charge in [0.2, 0.25) is 10.0 Å². The molecule has 4 rings (SSSR count). The number of fused-ring (bicyclic) bond motifs is 1. The molecule has 0 radical (unpaired) electrons. The summed E-state index contributed by atoms with van der Waals surface area (Å²) in [7, 11) is -3.57. The third-order valence-corrected chi connectivity index (χ3v) is 7.80. The minimum atomic E-state index is -3.57. The van der Waals surface area contributed by atoms with Gasteiger partial charge in [0, 0.05) is 19.0 Å². The van der Waals surface area contributed by atoms with Gasteiger partial charge in [-0.05, 0) is 55.5 Å². The van der Waals surface area contributed by atoms with Crippen LogP contribution in [0, 0.1) is 11.5 Å². The number of rotatable bonds is 4. The fourth-order valence-electron chi connectivity index (χ4n) is 3.67. The lowest BCUT2D eigenvalue weighted by Gasteiger charge is -2.30. The Hall–Kier alpha value is -2.87. The van der Waals surface area contributed by atoms with Crippen molar-refractivity contribution in [3.63, 3.8) is 0 Å². The van der Waals surface area contributed by atoms with Crippen LogP contribution in [0.1, 0.15) is 24.6 Å². The molecule has 1 aromatic heterocycles. The van der Waals surface area contributed by atoms with E-state index < -0.39 is 10.0 Å². The Morgan fingerprint density at radius 2 is 1.94 bits per heavy atom. The Bertz CT molecular complexity index is 1200. The maximum Gasteiger partial charge on any atom is 0.243 e. The number of hydrogen-bond donors (Lipinski definition) is 2. The largest absolute Gasteiger partial charge is 0.342 e. The number of aromatic amines is 1. The fraction of sp³-hybridized carbons (Fsp3) is 0.286. The van der Waals surface area contributed by atoms with Gasteiger partial charge >= 0.3 is 0 Å². The van der Waals surface area contributed by atoms with Gasteiger partial charge in [0.05, 0.1) is 21.6 Å². The molecular weight excluding hydrogens is 432 g/mol. The van der Waals surface area contributed by atoms with E-state index in [-0.39, 0.29) is 10.8 Å². The molecule has 160 valence electrons. The number of nitrogens with zero attached hydrogens (tertiary/aromatic N) is 4. The number of nitrogens with one attached hydrogen (secondary N) is 2. The summed E-state index contributed by atoms with van der Waals surface area (Å²) in [6.45, 7) is 0.902. The molecule has 31 heavy (non-hydrogen) atoms. The molecule has 3 aromatic rings. The molecule has 2 aromatic carbocycles. The average Bonchev–Trinajstić information content (AvgIpc) is 3.23. The van der Waals surface area contributed by atoms with Crippen LogP contribution in [0.5, 0.6) is 0 Å². The SMILES string of the molecule is CSC(=Nc1ccc(S(=O)(=O)N2CCC(c3nc4ccccc4[nH]3)CC2)cc1)NC#N. The summed E-state index contributed by atoms with van der Waals surface area (Å²) < 4.78 is 27.7. The standard InChI is InChI=1S/C21H22N6O2S2/c1-30-21(23-14-22)24-16-6-8-17(9-7-16)31(28,29)27-12-10-15(11-13-27)20-25-18-4-2-3-5-19(18)26-20/h2-9,15H,10-13H2,1H3,(H,23,24)(H,25,26). The van der Waals surface area contributed by atoms with E-state index in [1.165, 1.54) is 16.1 Å². The van der Waals surface area contributed by atoms with Crippen molar-refractivity contribution in [1.82, 2.24) is 19.6 Å². The number of thioether (sulfide) groups is 1. The molecule has 0 saturated carbocycles. The minimum absolute atomic E-state index is 0.216. The molecule has 1 aliphatic rings. The van der Waals surface area contributed by atoms with Crippen molar-refractivity contribution < 1.29 is 8.42 Å². The molecule has 0 unspecified atom stereocenters. The smallest absolute Gasteiger partial charge is 0.243 e. The summed E-state index contributed by atoms with van der Waals surface area (Å²) >= 11 is 1.30. The van der Waals surface area contributed by atoms with Crippen molar-refractivity contribution in [3.05, 3.63) is 54.4 Å². The average molecular weight is 455 g/mol. The molecule has 0 spiro atoms. The summed E-state index contributed by atoms with van der Waals surface area (Å²) in [5.74, 6) is 1.14. The van der Waals surface area contributed by atoms with Crippen molar-refractivity contribution in [2.45, 2.75) is 23.7 Å². The molecule has 0 amide bonds. The van der Waals surface area contributed by atoms with E-state index in [9.17, 15) is 8.42 Å². The molecule has 10 heteroatoms. The van der Waals surface area contributed by atoms with Gasteiger partial charge in [0.15, 0.2) is 11.4 Å². The minimum Gasteiger partial charge on any atom is -0.342 e. The van der Waals surface area contributed by atoms with Crippen molar-refractivity contribution >= 4 is 43.7 Å². The summed E-state index contributed by atoms with van der Waals surface area (Å²) in [5.41, 5.74) is 2.52. The van der Waals surface area contributed by atoms with Crippen LogP contribution in [0.2, 0.25) is 0 Å². The third-order valence-electron chi connectivity index (χ3n) is 5.31. The maximum atomic E-state index is 13.1. The van der Waals surface area contributed by atoms with E-state index in [1.54, 1.807) is 30.5 Å². The van der Waals surface area contributed by atoms with Gasteiger partial charge in [0.25, 0.3) is 0 Å².